The average molecular weight is 276 g/mol. The number of hydrogen-bond donors (Lipinski definition) is 1. The van der Waals surface area contributed by atoms with Crippen LogP contribution in [0.4, 0.5) is 0 Å². The molecule has 0 spiro atoms. The van der Waals surface area contributed by atoms with Crippen molar-refractivity contribution >= 4 is 11.6 Å². The highest BCUT2D eigenvalue weighted by Crippen LogP contribution is 2.24. The lowest BCUT2D eigenvalue weighted by Crippen LogP contribution is -2.35. The van der Waals surface area contributed by atoms with Gasteiger partial charge in [-0.05, 0) is 39.0 Å². The molecule has 0 atom stereocenters. The van der Waals surface area contributed by atoms with E-state index in [1.54, 1.807) is 6.20 Å². The summed E-state index contributed by atoms with van der Waals surface area (Å²) in [6.45, 7) is 7.10. The molecule has 1 aromatic heterocycles. The van der Waals surface area contributed by atoms with Crippen LogP contribution in [0.25, 0.3) is 11.4 Å². The van der Waals surface area contributed by atoms with Crippen molar-refractivity contribution in [3.8, 4) is 11.4 Å². The zero-order valence-corrected chi connectivity index (χ0v) is 12.2. The molecule has 0 fully saturated rings. The van der Waals surface area contributed by atoms with E-state index in [2.05, 4.69) is 36.1 Å². The van der Waals surface area contributed by atoms with Gasteiger partial charge in [0.15, 0.2) is 5.82 Å². The van der Waals surface area contributed by atoms with Crippen molar-refractivity contribution in [2.45, 2.75) is 32.9 Å². The van der Waals surface area contributed by atoms with E-state index < -0.39 is 0 Å². The molecule has 0 aliphatic carbocycles. The molecule has 0 bridgehead atoms. The Kier molecular flexibility index (Phi) is 4.17. The van der Waals surface area contributed by atoms with Crippen LogP contribution < -0.4 is 5.32 Å². The molecule has 0 aliphatic heterocycles. The van der Waals surface area contributed by atoms with Crippen LogP contribution in [0.5, 0.6) is 0 Å². The Balaban J connectivity index is 2.23. The third-order valence-corrected chi connectivity index (χ3v) is 2.96. The van der Waals surface area contributed by atoms with Crippen molar-refractivity contribution in [2.24, 2.45) is 0 Å². The molecule has 0 saturated carbocycles. The molecule has 0 radical (unpaired) electrons. The first-order valence-electron chi connectivity index (χ1n) is 6.27. The maximum atomic E-state index is 6.17. The summed E-state index contributed by atoms with van der Waals surface area (Å²) in [5, 5.41) is 4.08. The van der Waals surface area contributed by atoms with E-state index in [1.165, 1.54) is 0 Å². The first-order chi connectivity index (χ1) is 8.96. The summed E-state index contributed by atoms with van der Waals surface area (Å²) in [6.07, 6.45) is 1.77. The van der Waals surface area contributed by atoms with E-state index in [9.17, 15) is 0 Å². The second-order valence-electron chi connectivity index (χ2n) is 5.45. The van der Waals surface area contributed by atoms with Gasteiger partial charge in [0.2, 0.25) is 0 Å². The monoisotopic (exact) mass is 275 g/mol. The normalized spacial score (nSPS) is 11.6. The van der Waals surface area contributed by atoms with Crippen molar-refractivity contribution in [3.63, 3.8) is 0 Å². The molecule has 4 heteroatoms. The Bertz CT molecular complexity index is 561. The van der Waals surface area contributed by atoms with Gasteiger partial charge in [0.25, 0.3) is 0 Å². The first kappa shape index (κ1) is 14.0. The zero-order chi connectivity index (χ0) is 13.9. The maximum Gasteiger partial charge on any atom is 0.160 e. The third-order valence-electron chi connectivity index (χ3n) is 2.63. The van der Waals surface area contributed by atoms with Gasteiger partial charge in [0, 0.05) is 23.8 Å². The fourth-order valence-corrected chi connectivity index (χ4v) is 1.84. The number of rotatable bonds is 3. The summed E-state index contributed by atoms with van der Waals surface area (Å²) in [7, 11) is 0. The Hall–Kier alpha value is -1.45. The van der Waals surface area contributed by atoms with Gasteiger partial charge in [-0.3, -0.25) is 0 Å². The molecule has 1 N–H and O–H groups in total. The van der Waals surface area contributed by atoms with Crippen LogP contribution in [0, 0.1) is 0 Å². The Morgan fingerprint density at radius 3 is 2.58 bits per heavy atom. The van der Waals surface area contributed by atoms with Gasteiger partial charge in [-0.2, -0.15) is 0 Å². The van der Waals surface area contributed by atoms with Gasteiger partial charge in [0.05, 0.1) is 10.7 Å². The molecule has 2 rings (SSSR count). The largest absolute Gasteiger partial charge is 0.306 e. The third kappa shape index (κ3) is 4.01. The second kappa shape index (κ2) is 5.68. The smallest absolute Gasteiger partial charge is 0.160 e. The van der Waals surface area contributed by atoms with E-state index >= 15 is 0 Å². The van der Waals surface area contributed by atoms with Crippen molar-refractivity contribution in [1.82, 2.24) is 15.3 Å². The molecule has 1 aromatic carbocycles. The fourth-order valence-electron chi connectivity index (χ4n) is 1.62. The summed E-state index contributed by atoms with van der Waals surface area (Å²) in [4.78, 5) is 8.84. The van der Waals surface area contributed by atoms with Crippen molar-refractivity contribution in [3.05, 3.63) is 47.2 Å². The Morgan fingerprint density at radius 1 is 1.16 bits per heavy atom. The molecule has 2 aromatic rings. The van der Waals surface area contributed by atoms with Crippen molar-refractivity contribution in [1.29, 1.82) is 0 Å². The molecule has 0 aliphatic rings. The molecule has 1 heterocycles. The highest BCUT2D eigenvalue weighted by molar-refractivity contribution is 6.33. The summed E-state index contributed by atoms with van der Waals surface area (Å²) < 4.78 is 0. The second-order valence-corrected chi connectivity index (χ2v) is 5.86. The SMILES string of the molecule is CC(C)(C)NCc1ccnc(-c2ccccc2Cl)n1. The van der Waals surface area contributed by atoms with Gasteiger partial charge in [-0.1, -0.05) is 23.7 Å². The fraction of sp³-hybridized carbons (Fsp3) is 0.333. The van der Waals surface area contributed by atoms with E-state index in [-0.39, 0.29) is 5.54 Å². The highest BCUT2D eigenvalue weighted by atomic mass is 35.5. The first-order valence-corrected chi connectivity index (χ1v) is 6.65. The van der Waals surface area contributed by atoms with E-state index in [1.807, 2.05) is 30.3 Å². The van der Waals surface area contributed by atoms with Gasteiger partial charge in [-0.15, -0.1) is 0 Å². The molecule has 19 heavy (non-hydrogen) atoms. The predicted octanol–water partition coefficient (Wildman–Crippen LogP) is 3.69. The number of benzene rings is 1. The quantitative estimate of drug-likeness (QED) is 0.928. The number of nitrogens with zero attached hydrogens (tertiary/aromatic N) is 2. The number of aromatic nitrogens is 2. The van der Waals surface area contributed by atoms with Crippen LogP contribution in [0.3, 0.4) is 0 Å². The highest BCUT2D eigenvalue weighted by Gasteiger charge is 2.10. The van der Waals surface area contributed by atoms with Crippen LogP contribution in [-0.4, -0.2) is 15.5 Å². The summed E-state index contributed by atoms with van der Waals surface area (Å²) >= 11 is 6.17. The van der Waals surface area contributed by atoms with Gasteiger partial charge in [-0.25, -0.2) is 9.97 Å². The van der Waals surface area contributed by atoms with Crippen LogP contribution in [0.15, 0.2) is 36.5 Å². The van der Waals surface area contributed by atoms with Crippen LogP contribution in [-0.2, 0) is 6.54 Å². The Labute approximate surface area is 119 Å². The van der Waals surface area contributed by atoms with E-state index in [0.29, 0.717) is 17.4 Å². The molecular weight excluding hydrogens is 258 g/mol. The molecule has 3 nitrogen and oxygen atoms in total. The van der Waals surface area contributed by atoms with Gasteiger partial charge in [0.1, 0.15) is 0 Å². The van der Waals surface area contributed by atoms with Crippen LogP contribution in [0.1, 0.15) is 26.5 Å². The minimum absolute atomic E-state index is 0.0650. The predicted molar refractivity (Wildman–Crippen MR) is 79.1 cm³/mol. The molecule has 0 unspecified atom stereocenters. The standard InChI is InChI=1S/C15H18ClN3/c1-15(2,3)18-10-11-8-9-17-14(19-11)12-6-4-5-7-13(12)16/h4-9,18H,10H2,1-3H3. The zero-order valence-electron chi connectivity index (χ0n) is 11.4. The summed E-state index contributed by atoms with van der Waals surface area (Å²) in [5.74, 6) is 0.666. The lowest BCUT2D eigenvalue weighted by molar-refractivity contribution is 0.421. The average Bonchev–Trinajstić information content (AvgIpc) is 2.36. The van der Waals surface area contributed by atoms with Crippen LogP contribution in [0.2, 0.25) is 5.02 Å². The topological polar surface area (TPSA) is 37.8 Å². The minimum Gasteiger partial charge on any atom is -0.306 e. The van der Waals surface area contributed by atoms with Crippen LogP contribution >= 0.6 is 11.6 Å². The molecular formula is C15H18ClN3. The van der Waals surface area contributed by atoms with Crippen molar-refractivity contribution < 1.29 is 0 Å². The van der Waals surface area contributed by atoms with Crippen molar-refractivity contribution in [2.75, 3.05) is 0 Å². The lowest BCUT2D eigenvalue weighted by Gasteiger charge is -2.20. The maximum absolute atomic E-state index is 6.17. The van der Waals surface area contributed by atoms with E-state index in [0.717, 1.165) is 11.3 Å². The number of hydrogen-bond acceptors (Lipinski definition) is 3. The number of nitrogens with one attached hydrogen (secondary N) is 1. The molecule has 0 saturated heterocycles. The van der Waals surface area contributed by atoms with Gasteiger partial charge < -0.3 is 5.32 Å². The van der Waals surface area contributed by atoms with E-state index in [4.69, 9.17) is 11.6 Å². The molecule has 100 valence electrons. The minimum atomic E-state index is 0.0650. The lowest BCUT2D eigenvalue weighted by atomic mass is 10.1. The number of halogens is 1. The molecule has 0 amide bonds. The summed E-state index contributed by atoms with van der Waals surface area (Å²) in [5.41, 5.74) is 1.89. The van der Waals surface area contributed by atoms with Gasteiger partial charge >= 0.3 is 0 Å². The Morgan fingerprint density at radius 2 is 1.89 bits per heavy atom. The summed E-state index contributed by atoms with van der Waals surface area (Å²) in [6, 6.07) is 9.53.